The van der Waals surface area contributed by atoms with Crippen LogP contribution in [0.3, 0.4) is 0 Å². The van der Waals surface area contributed by atoms with Crippen molar-refractivity contribution in [2.45, 2.75) is 10.9 Å². The first-order valence-electron chi connectivity index (χ1n) is 5.13. The van der Waals surface area contributed by atoms with Crippen molar-refractivity contribution in [3.8, 4) is 0 Å². The fraction of sp³-hybridized carbons (Fsp3) is 0.100. The molecule has 0 bridgehead atoms. The van der Waals surface area contributed by atoms with Gasteiger partial charge in [-0.2, -0.15) is 0 Å². The molecule has 0 atom stereocenters. The van der Waals surface area contributed by atoms with Crippen LogP contribution in [0, 0.1) is 0 Å². The zero-order valence-electron chi connectivity index (χ0n) is 9.50. The van der Waals surface area contributed by atoms with E-state index in [2.05, 4.69) is 20.4 Å². The first-order valence-corrected chi connectivity index (χ1v) is 6.11. The van der Waals surface area contributed by atoms with E-state index in [1.165, 1.54) is 17.8 Å². The van der Waals surface area contributed by atoms with Gasteiger partial charge in [0.1, 0.15) is 17.5 Å². The van der Waals surface area contributed by atoms with E-state index in [0.717, 1.165) is 5.69 Å². The number of anilines is 3. The maximum absolute atomic E-state index is 5.59. The van der Waals surface area contributed by atoms with Gasteiger partial charge >= 0.3 is 0 Å². The maximum atomic E-state index is 5.59. The van der Waals surface area contributed by atoms with Crippen molar-refractivity contribution in [3.63, 3.8) is 0 Å². The van der Waals surface area contributed by atoms with Crippen molar-refractivity contribution in [3.05, 3.63) is 30.0 Å². The number of hydrogen-bond donors (Lipinski definition) is 4. The van der Waals surface area contributed by atoms with E-state index in [1.54, 1.807) is 6.07 Å². The molecule has 7 nitrogen and oxygen atoms in total. The van der Waals surface area contributed by atoms with Crippen LogP contribution >= 0.6 is 11.8 Å². The van der Waals surface area contributed by atoms with Crippen LogP contribution in [0.15, 0.2) is 29.4 Å². The molecule has 2 aromatic rings. The van der Waals surface area contributed by atoms with Gasteiger partial charge in [-0.05, 0) is 12.1 Å². The highest BCUT2D eigenvalue weighted by molar-refractivity contribution is 7.98. The van der Waals surface area contributed by atoms with Crippen LogP contribution in [0.4, 0.5) is 17.5 Å². The minimum atomic E-state index is 0.357. The molecule has 0 aliphatic heterocycles. The minimum Gasteiger partial charge on any atom is -0.383 e. The smallest absolute Gasteiger partial charge is 0.191 e. The molecular weight excluding hydrogens is 250 g/mol. The Morgan fingerprint density at radius 2 is 1.83 bits per heavy atom. The summed E-state index contributed by atoms with van der Waals surface area (Å²) in [6.45, 7) is 0. The summed E-state index contributed by atoms with van der Waals surface area (Å²) >= 11 is 1.41. The lowest BCUT2D eigenvalue weighted by Crippen LogP contribution is -2.08. The molecule has 0 saturated carbocycles. The number of thioether (sulfide) groups is 1. The van der Waals surface area contributed by atoms with Crippen molar-refractivity contribution in [1.29, 1.82) is 0 Å². The molecule has 2 rings (SSSR count). The molecule has 2 aromatic heterocycles. The lowest BCUT2D eigenvalue weighted by atomic mass is 10.4. The molecule has 0 radical (unpaired) electrons. The lowest BCUT2D eigenvalue weighted by molar-refractivity contribution is 0.981. The molecule has 0 amide bonds. The molecular formula is C10H13N7S. The Hall–Kier alpha value is -2.06. The second kappa shape index (κ2) is 5.52. The summed E-state index contributed by atoms with van der Waals surface area (Å²) in [6, 6.07) is 7.06. The fourth-order valence-electron chi connectivity index (χ4n) is 1.31. The van der Waals surface area contributed by atoms with Crippen molar-refractivity contribution in [2.24, 2.45) is 5.84 Å². The number of nitrogens with zero attached hydrogens (tertiary/aromatic N) is 3. The van der Waals surface area contributed by atoms with Crippen molar-refractivity contribution >= 4 is 29.2 Å². The summed E-state index contributed by atoms with van der Waals surface area (Å²) in [5.74, 6) is 7.22. The van der Waals surface area contributed by atoms with Gasteiger partial charge in [0.2, 0.25) is 0 Å². The van der Waals surface area contributed by atoms with Crippen LogP contribution in [-0.2, 0) is 5.75 Å². The third-order valence-electron chi connectivity index (χ3n) is 2.05. The second-order valence-corrected chi connectivity index (χ2v) is 4.39. The normalized spacial score (nSPS) is 10.3. The number of pyridine rings is 1. The third kappa shape index (κ3) is 3.22. The average molecular weight is 263 g/mol. The highest BCUT2D eigenvalue weighted by Crippen LogP contribution is 2.20. The molecule has 0 aliphatic carbocycles. The number of hydrazine groups is 1. The molecule has 0 saturated heterocycles. The molecule has 0 fully saturated rings. The molecule has 0 aliphatic rings. The zero-order valence-corrected chi connectivity index (χ0v) is 10.3. The second-order valence-electron chi connectivity index (χ2n) is 3.45. The van der Waals surface area contributed by atoms with Crippen LogP contribution in [0.1, 0.15) is 5.69 Å². The largest absolute Gasteiger partial charge is 0.383 e. The van der Waals surface area contributed by atoms with E-state index in [4.69, 9.17) is 17.3 Å². The number of rotatable bonds is 4. The van der Waals surface area contributed by atoms with Gasteiger partial charge in [-0.15, -0.1) is 0 Å². The highest BCUT2D eigenvalue weighted by Gasteiger charge is 2.03. The Bertz CT molecular complexity index is 525. The molecule has 7 N–H and O–H groups in total. The molecule has 18 heavy (non-hydrogen) atoms. The van der Waals surface area contributed by atoms with E-state index in [9.17, 15) is 0 Å². The van der Waals surface area contributed by atoms with Crippen LogP contribution < -0.4 is 22.7 Å². The first-order chi connectivity index (χ1) is 8.67. The van der Waals surface area contributed by atoms with Gasteiger partial charge < -0.3 is 16.9 Å². The summed E-state index contributed by atoms with van der Waals surface area (Å²) in [7, 11) is 0. The van der Waals surface area contributed by atoms with Crippen molar-refractivity contribution in [2.75, 3.05) is 16.9 Å². The number of nitrogens with one attached hydrogen (secondary N) is 1. The SMILES string of the molecule is NNc1cccc(CSc2nc(N)cc(N)n2)n1. The van der Waals surface area contributed by atoms with E-state index in [1.807, 2.05) is 12.1 Å². The van der Waals surface area contributed by atoms with Crippen LogP contribution in [-0.4, -0.2) is 15.0 Å². The molecule has 0 aromatic carbocycles. The van der Waals surface area contributed by atoms with Gasteiger partial charge in [-0.1, -0.05) is 17.8 Å². The summed E-state index contributed by atoms with van der Waals surface area (Å²) in [4.78, 5) is 12.4. The predicted molar refractivity (Wildman–Crippen MR) is 72.5 cm³/mol. The Balaban J connectivity index is 2.06. The van der Waals surface area contributed by atoms with Crippen molar-refractivity contribution < 1.29 is 0 Å². The Morgan fingerprint density at radius 3 is 2.50 bits per heavy atom. The Labute approximate surface area is 108 Å². The van der Waals surface area contributed by atoms with Crippen molar-refractivity contribution in [1.82, 2.24) is 15.0 Å². The highest BCUT2D eigenvalue weighted by atomic mass is 32.2. The van der Waals surface area contributed by atoms with Gasteiger partial charge in [0.05, 0.1) is 5.69 Å². The number of aromatic nitrogens is 3. The lowest BCUT2D eigenvalue weighted by Gasteiger charge is -2.04. The Morgan fingerprint density at radius 1 is 1.11 bits per heavy atom. The molecule has 8 heteroatoms. The zero-order chi connectivity index (χ0) is 13.0. The maximum Gasteiger partial charge on any atom is 0.191 e. The van der Waals surface area contributed by atoms with Gasteiger partial charge in [0, 0.05) is 11.8 Å². The molecule has 2 heterocycles. The summed E-state index contributed by atoms with van der Waals surface area (Å²) < 4.78 is 0. The van der Waals surface area contributed by atoms with Crippen LogP contribution in [0.2, 0.25) is 0 Å². The summed E-state index contributed by atoms with van der Waals surface area (Å²) in [5, 5.41) is 0.528. The third-order valence-corrected chi connectivity index (χ3v) is 2.93. The van der Waals surface area contributed by atoms with Gasteiger partial charge in [-0.3, -0.25) is 0 Å². The summed E-state index contributed by atoms with van der Waals surface area (Å²) in [5.41, 5.74) is 14.5. The van der Waals surface area contributed by atoms with E-state index < -0.39 is 0 Å². The first kappa shape index (κ1) is 12.4. The van der Waals surface area contributed by atoms with E-state index in [0.29, 0.717) is 28.4 Å². The van der Waals surface area contributed by atoms with Gasteiger partial charge in [0.15, 0.2) is 5.16 Å². The van der Waals surface area contributed by atoms with Crippen LogP contribution in [0.5, 0.6) is 0 Å². The molecule has 0 spiro atoms. The summed E-state index contributed by atoms with van der Waals surface area (Å²) in [6.07, 6.45) is 0. The topological polar surface area (TPSA) is 129 Å². The predicted octanol–water partition coefficient (Wildman–Crippen LogP) is 0.614. The number of nitrogens with two attached hydrogens (primary N) is 3. The fourth-order valence-corrected chi connectivity index (χ4v) is 2.08. The number of nitrogen functional groups attached to an aromatic ring is 3. The average Bonchev–Trinajstić information content (AvgIpc) is 2.35. The van der Waals surface area contributed by atoms with E-state index >= 15 is 0 Å². The quantitative estimate of drug-likeness (QED) is 0.273. The minimum absolute atomic E-state index is 0.357. The molecule has 94 valence electrons. The monoisotopic (exact) mass is 263 g/mol. The van der Waals surface area contributed by atoms with Gasteiger partial charge in [0.25, 0.3) is 0 Å². The Kier molecular flexibility index (Phi) is 3.80. The van der Waals surface area contributed by atoms with Crippen LogP contribution in [0.25, 0.3) is 0 Å². The van der Waals surface area contributed by atoms with E-state index in [-0.39, 0.29) is 0 Å². The van der Waals surface area contributed by atoms with Gasteiger partial charge in [-0.25, -0.2) is 20.8 Å². The molecule has 0 unspecified atom stereocenters. The standard InChI is InChI=1S/C10H13N7S/c11-7-4-8(12)16-10(15-7)18-5-6-2-1-3-9(14-6)17-13/h1-4H,5,13H2,(H,14,17)(H4,11,12,15,16). The number of hydrogen-bond acceptors (Lipinski definition) is 8.